The average Bonchev–Trinajstić information content (AvgIpc) is 3.68. The first kappa shape index (κ1) is 29.3. The second kappa shape index (κ2) is 12.8. The second-order valence-corrected chi connectivity index (χ2v) is 11.9. The topological polar surface area (TPSA) is 116 Å². The summed E-state index contributed by atoms with van der Waals surface area (Å²) >= 11 is 0. The fourth-order valence-electron chi connectivity index (χ4n) is 5.32. The van der Waals surface area contributed by atoms with Gasteiger partial charge >= 0.3 is 0 Å². The third kappa shape index (κ3) is 6.82. The van der Waals surface area contributed by atoms with Gasteiger partial charge in [0.1, 0.15) is 6.26 Å². The molecule has 42 heavy (non-hydrogen) atoms. The fourth-order valence-corrected chi connectivity index (χ4v) is 5.83. The Bertz CT molecular complexity index is 1820. The third-order valence-corrected chi connectivity index (χ3v) is 8.51. The highest BCUT2D eigenvalue weighted by Crippen LogP contribution is 2.31. The molecule has 5 aromatic rings. The maximum Gasteiger partial charge on any atom is 0.294 e. The minimum Gasteiger partial charge on any atom is -0.472 e. The van der Waals surface area contributed by atoms with Gasteiger partial charge in [-0.25, -0.2) is 0 Å². The molecule has 1 atom stereocenters. The summed E-state index contributed by atoms with van der Waals surface area (Å²) in [5.41, 5.74) is 5.00. The van der Waals surface area contributed by atoms with E-state index in [2.05, 4.69) is 41.3 Å². The minimum absolute atomic E-state index is 0.0730. The van der Waals surface area contributed by atoms with E-state index in [1.807, 2.05) is 36.4 Å². The van der Waals surface area contributed by atoms with Crippen LogP contribution in [0.5, 0.6) is 0 Å². The van der Waals surface area contributed by atoms with E-state index >= 15 is 0 Å². The van der Waals surface area contributed by atoms with Gasteiger partial charge in [0.25, 0.3) is 16.0 Å². The molecule has 0 saturated heterocycles. The summed E-state index contributed by atoms with van der Waals surface area (Å²) in [5.74, 6) is -0.164. The van der Waals surface area contributed by atoms with Crippen molar-refractivity contribution in [3.63, 3.8) is 0 Å². The molecule has 0 saturated carbocycles. The number of nitrogens with one attached hydrogen (secondary N) is 2. The standard InChI is InChI=1S/C23H27N3O2.C10H8O3S/c1-3-4-16(2)26-10-7-17(8-11-26)21-14-24-22-6-5-19(13-20(21)22)25-23(27)18-9-12-28-15-18;11-14(12,13)10-6-5-8-3-1-2-4-9(8)7-10/h5-7,9,12-16,24H,3-4,8,10-11H2,1-2H3,(H,25,27);1-7H,(H,11,12,13). The fraction of sp³-hybridized carbons (Fsp3) is 0.242. The summed E-state index contributed by atoms with van der Waals surface area (Å²) in [4.78, 5) is 18.1. The molecule has 1 aliphatic rings. The molecule has 3 N–H and O–H groups in total. The summed E-state index contributed by atoms with van der Waals surface area (Å²) in [6, 6.07) is 20.1. The molecule has 1 aliphatic heterocycles. The lowest BCUT2D eigenvalue weighted by molar-refractivity contribution is 0.102. The van der Waals surface area contributed by atoms with Crippen molar-refractivity contribution in [3.8, 4) is 0 Å². The quantitative estimate of drug-likeness (QED) is 0.172. The predicted octanol–water partition coefficient (Wildman–Crippen LogP) is 7.38. The second-order valence-electron chi connectivity index (χ2n) is 10.5. The number of anilines is 1. The Morgan fingerprint density at radius 3 is 2.60 bits per heavy atom. The van der Waals surface area contributed by atoms with Crippen molar-refractivity contribution in [2.45, 2.75) is 44.0 Å². The molecule has 218 valence electrons. The molecule has 0 radical (unpaired) electrons. The lowest BCUT2D eigenvalue weighted by Gasteiger charge is -2.31. The van der Waals surface area contributed by atoms with Crippen LogP contribution in [-0.4, -0.2) is 47.9 Å². The molecule has 2 aromatic heterocycles. The summed E-state index contributed by atoms with van der Waals surface area (Å²) < 4.78 is 35.5. The van der Waals surface area contributed by atoms with Gasteiger partial charge in [-0.1, -0.05) is 49.8 Å². The minimum atomic E-state index is -4.09. The highest BCUT2D eigenvalue weighted by Gasteiger charge is 2.19. The van der Waals surface area contributed by atoms with Crippen molar-refractivity contribution in [2.24, 2.45) is 0 Å². The van der Waals surface area contributed by atoms with E-state index in [9.17, 15) is 13.2 Å². The van der Waals surface area contributed by atoms with Crippen molar-refractivity contribution in [1.29, 1.82) is 0 Å². The Morgan fingerprint density at radius 2 is 1.90 bits per heavy atom. The summed E-state index contributed by atoms with van der Waals surface area (Å²) in [5, 5.41) is 5.84. The Hall–Kier alpha value is -4.18. The molecule has 0 fully saturated rings. The summed E-state index contributed by atoms with van der Waals surface area (Å²) in [7, 11) is -4.09. The van der Waals surface area contributed by atoms with E-state index in [-0.39, 0.29) is 10.8 Å². The lowest BCUT2D eigenvalue weighted by atomic mass is 9.97. The van der Waals surface area contributed by atoms with Gasteiger partial charge < -0.3 is 14.7 Å². The van der Waals surface area contributed by atoms with Crippen LogP contribution in [0.25, 0.3) is 27.2 Å². The Morgan fingerprint density at radius 1 is 1.10 bits per heavy atom. The molecule has 8 nitrogen and oxygen atoms in total. The van der Waals surface area contributed by atoms with E-state index in [1.54, 1.807) is 18.2 Å². The highest BCUT2D eigenvalue weighted by molar-refractivity contribution is 7.85. The summed E-state index contributed by atoms with van der Waals surface area (Å²) in [6.07, 6.45) is 10.9. The number of carbonyl (C=O) groups excluding carboxylic acids is 1. The molecule has 9 heteroatoms. The zero-order valence-electron chi connectivity index (χ0n) is 23.7. The maximum atomic E-state index is 12.3. The van der Waals surface area contributed by atoms with Crippen molar-refractivity contribution < 1.29 is 22.2 Å². The first-order valence-corrected chi connectivity index (χ1v) is 15.5. The molecule has 0 bridgehead atoms. The van der Waals surface area contributed by atoms with Gasteiger partial charge in [0, 0.05) is 47.5 Å². The number of aromatic amines is 1. The Kier molecular flexibility index (Phi) is 8.91. The smallest absolute Gasteiger partial charge is 0.294 e. The van der Waals surface area contributed by atoms with Crippen LogP contribution in [0.1, 0.15) is 49.0 Å². The van der Waals surface area contributed by atoms with E-state index in [0.29, 0.717) is 11.6 Å². The van der Waals surface area contributed by atoms with Gasteiger partial charge in [0.2, 0.25) is 0 Å². The number of H-pyrrole nitrogens is 1. The van der Waals surface area contributed by atoms with Crippen molar-refractivity contribution >= 4 is 49.0 Å². The SMILES string of the molecule is CCCC(C)N1CC=C(c2c[nH]c3ccc(NC(=O)c4ccoc4)cc23)CC1.O=S(=O)(O)c1ccc2ccccc2c1. The van der Waals surface area contributed by atoms with Gasteiger partial charge in [-0.15, -0.1) is 0 Å². The van der Waals surface area contributed by atoms with E-state index in [4.69, 9.17) is 8.97 Å². The van der Waals surface area contributed by atoms with Crippen LogP contribution in [0.4, 0.5) is 5.69 Å². The monoisotopic (exact) mass is 585 g/mol. The predicted molar refractivity (Wildman–Crippen MR) is 167 cm³/mol. The molecule has 0 aliphatic carbocycles. The average molecular weight is 586 g/mol. The number of hydrogen-bond donors (Lipinski definition) is 3. The number of nitrogens with zero attached hydrogens (tertiary/aromatic N) is 1. The Labute approximate surface area is 245 Å². The number of rotatable bonds is 7. The number of fused-ring (bicyclic) bond motifs is 2. The molecule has 1 amide bonds. The number of furan rings is 1. The lowest BCUT2D eigenvalue weighted by Crippen LogP contribution is -2.36. The van der Waals surface area contributed by atoms with E-state index in [0.717, 1.165) is 46.9 Å². The molecule has 3 aromatic carbocycles. The third-order valence-electron chi connectivity index (χ3n) is 7.66. The number of carbonyl (C=O) groups is 1. The number of aromatic nitrogens is 1. The largest absolute Gasteiger partial charge is 0.472 e. The maximum absolute atomic E-state index is 12.3. The molecule has 1 unspecified atom stereocenters. The van der Waals surface area contributed by atoms with E-state index < -0.39 is 10.1 Å². The molecule has 3 heterocycles. The van der Waals surface area contributed by atoms with Crippen LogP contribution >= 0.6 is 0 Å². The van der Waals surface area contributed by atoms with Gasteiger partial charge in [0.15, 0.2) is 0 Å². The van der Waals surface area contributed by atoms with Gasteiger partial charge in [-0.05, 0) is 72.5 Å². The van der Waals surface area contributed by atoms with Crippen molar-refractivity contribution in [2.75, 3.05) is 18.4 Å². The van der Waals surface area contributed by atoms with Crippen LogP contribution in [-0.2, 0) is 10.1 Å². The first-order chi connectivity index (χ1) is 20.2. The van der Waals surface area contributed by atoms with Crippen LogP contribution < -0.4 is 5.32 Å². The number of hydrogen-bond acceptors (Lipinski definition) is 5. The molecule has 0 spiro atoms. The van der Waals surface area contributed by atoms with Crippen molar-refractivity contribution in [1.82, 2.24) is 9.88 Å². The van der Waals surface area contributed by atoms with Crippen LogP contribution in [0.15, 0.2) is 101 Å². The van der Waals surface area contributed by atoms with Crippen LogP contribution in [0.2, 0.25) is 0 Å². The first-order valence-electron chi connectivity index (χ1n) is 14.1. The van der Waals surface area contributed by atoms with Gasteiger partial charge in [0.05, 0.1) is 16.7 Å². The highest BCUT2D eigenvalue weighted by atomic mass is 32.2. The normalized spacial score (nSPS) is 14.7. The van der Waals surface area contributed by atoms with Crippen LogP contribution in [0, 0.1) is 0 Å². The Balaban J connectivity index is 0.000000211. The number of benzene rings is 3. The van der Waals surface area contributed by atoms with Crippen LogP contribution in [0.3, 0.4) is 0 Å². The molecule has 6 rings (SSSR count). The van der Waals surface area contributed by atoms with Gasteiger partial charge in [-0.3, -0.25) is 14.2 Å². The summed E-state index contributed by atoms with van der Waals surface area (Å²) in [6.45, 7) is 6.66. The van der Waals surface area contributed by atoms with Crippen molar-refractivity contribution in [3.05, 3.63) is 103 Å². The molecular formula is C33H35N3O5S. The van der Waals surface area contributed by atoms with E-state index in [1.165, 1.54) is 48.6 Å². The zero-order valence-corrected chi connectivity index (χ0v) is 24.5. The molecular weight excluding hydrogens is 550 g/mol. The number of amides is 1. The zero-order chi connectivity index (χ0) is 29.7. The van der Waals surface area contributed by atoms with Gasteiger partial charge in [-0.2, -0.15) is 8.42 Å².